The summed E-state index contributed by atoms with van der Waals surface area (Å²) in [5.41, 5.74) is 0.484. The molecule has 1 aromatic heterocycles. The van der Waals surface area contributed by atoms with Crippen LogP contribution in [0.1, 0.15) is 31.1 Å². The Morgan fingerprint density at radius 1 is 1.57 bits per heavy atom. The van der Waals surface area contributed by atoms with Crippen LogP contribution in [0, 0.1) is 0 Å². The minimum Gasteiger partial charge on any atom is -0.305 e. The third-order valence-corrected chi connectivity index (χ3v) is 4.43. The molecule has 2 heteroatoms. The highest BCUT2D eigenvalue weighted by atomic mass is 32.1. The molecule has 14 heavy (non-hydrogen) atoms. The van der Waals surface area contributed by atoms with E-state index in [1.807, 2.05) is 11.3 Å². The fourth-order valence-corrected chi connectivity index (χ4v) is 3.65. The Morgan fingerprint density at radius 2 is 2.43 bits per heavy atom. The summed E-state index contributed by atoms with van der Waals surface area (Å²) in [6.45, 7) is 4.81. The number of rotatable bonds is 3. The smallest absolute Gasteiger partial charge is 0.0186 e. The summed E-state index contributed by atoms with van der Waals surface area (Å²) in [5, 5.41) is 2.21. The van der Waals surface area contributed by atoms with E-state index in [4.69, 9.17) is 0 Å². The van der Waals surface area contributed by atoms with Crippen molar-refractivity contribution in [3.05, 3.63) is 22.4 Å². The van der Waals surface area contributed by atoms with Gasteiger partial charge in [-0.05, 0) is 37.9 Å². The lowest BCUT2D eigenvalue weighted by Crippen LogP contribution is -2.28. The zero-order valence-corrected chi connectivity index (χ0v) is 9.94. The normalized spacial score (nSPS) is 28.4. The maximum atomic E-state index is 2.47. The molecule has 0 aliphatic carbocycles. The van der Waals surface area contributed by atoms with Crippen LogP contribution < -0.4 is 0 Å². The average molecular weight is 209 g/mol. The number of likely N-dealkylation sites (tertiary alicyclic amines) is 1. The fraction of sp³-hybridized carbons (Fsp3) is 0.667. The van der Waals surface area contributed by atoms with Crippen molar-refractivity contribution in [3.8, 4) is 0 Å². The first-order valence-electron chi connectivity index (χ1n) is 5.49. The van der Waals surface area contributed by atoms with Crippen LogP contribution in [0.4, 0.5) is 0 Å². The lowest BCUT2D eigenvalue weighted by atomic mass is 9.81. The van der Waals surface area contributed by atoms with E-state index in [0.29, 0.717) is 5.41 Å². The van der Waals surface area contributed by atoms with Crippen LogP contribution in [0.3, 0.4) is 0 Å². The van der Waals surface area contributed by atoms with Crippen molar-refractivity contribution >= 4 is 11.3 Å². The Bertz CT molecular complexity index is 277. The van der Waals surface area contributed by atoms with Crippen LogP contribution in [0.2, 0.25) is 0 Å². The van der Waals surface area contributed by atoms with Crippen LogP contribution in [0.25, 0.3) is 0 Å². The molecule has 0 N–H and O–H groups in total. The van der Waals surface area contributed by atoms with Gasteiger partial charge in [0.25, 0.3) is 0 Å². The van der Waals surface area contributed by atoms with Crippen molar-refractivity contribution in [3.63, 3.8) is 0 Å². The van der Waals surface area contributed by atoms with Gasteiger partial charge in [0.1, 0.15) is 0 Å². The van der Waals surface area contributed by atoms with Gasteiger partial charge in [-0.3, -0.25) is 0 Å². The Kier molecular flexibility index (Phi) is 2.93. The Hall–Kier alpha value is -0.340. The van der Waals surface area contributed by atoms with Gasteiger partial charge in [-0.1, -0.05) is 19.4 Å². The number of hydrogen-bond donors (Lipinski definition) is 0. The molecular formula is C12H19NS. The maximum absolute atomic E-state index is 2.47. The van der Waals surface area contributed by atoms with Gasteiger partial charge >= 0.3 is 0 Å². The molecule has 0 spiro atoms. The Balaban J connectivity index is 2.23. The van der Waals surface area contributed by atoms with Gasteiger partial charge in [-0.2, -0.15) is 0 Å². The highest BCUT2D eigenvalue weighted by molar-refractivity contribution is 7.10. The van der Waals surface area contributed by atoms with Gasteiger partial charge in [-0.15, -0.1) is 11.3 Å². The SMILES string of the molecule is CCC[C@]1(c2cccs2)CCN(C)C1. The second kappa shape index (κ2) is 4.03. The maximum Gasteiger partial charge on any atom is 0.0186 e. The van der Waals surface area contributed by atoms with E-state index in [1.54, 1.807) is 4.88 Å². The minimum atomic E-state index is 0.484. The minimum absolute atomic E-state index is 0.484. The van der Waals surface area contributed by atoms with Crippen molar-refractivity contribution in [1.82, 2.24) is 4.90 Å². The van der Waals surface area contributed by atoms with Crippen LogP contribution >= 0.6 is 11.3 Å². The number of hydrogen-bond acceptors (Lipinski definition) is 2. The predicted octanol–water partition coefficient (Wildman–Crippen LogP) is 3.12. The Labute approximate surface area is 90.7 Å². The Morgan fingerprint density at radius 3 is 2.93 bits per heavy atom. The van der Waals surface area contributed by atoms with E-state index < -0.39 is 0 Å². The van der Waals surface area contributed by atoms with E-state index in [0.717, 1.165) is 0 Å². The van der Waals surface area contributed by atoms with Crippen molar-refractivity contribution in [2.45, 2.75) is 31.6 Å². The van der Waals surface area contributed by atoms with Gasteiger partial charge in [0, 0.05) is 16.8 Å². The largest absolute Gasteiger partial charge is 0.305 e. The lowest BCUT2D eigenvalue weighted by Gasteiger charge is -2.27. The molecule has 0 bridgehead atoms. The molecular weight excluding hydrogens is 190 g/mol. The van der Waals surface area contributed by atoms with Gasteiger partial charge in [-0.25, -0.2) is 0 Å². The molecule has 0 radical (unpaired) electrons. The molecule has 2 rings (SSSR count). The van der Waals surface area contributed by atoms with Gasteiger partial charge in [0.05, 0.1) is 0 Å². The molecule has 1 aliphatic heterocycles. The molecule has 1 nitrogen and oxygen atoms in total. The summed E-state index contributed by atoms with van der Waals surface area (Å²) in [6.07, 6.45) is 3.99. The van der Waals surface area contributed by atoms with Crippen LogP contribution in [-0.4, -0.2) is 25.0 Å². The topological polar surface area (TPSA) is 3.24 Å². The van der Waals surface area contributed by atoms with E-state index >= 15 is 0 Å². The molecule has 1 fully saturated rings. The summed E-state index contributed by atoms with van der Waals surface area (Å²) in [4.78, 5) is 4.07. The van der Waals surface area contributed by atoms with Gasteiger partial charge in [0.2, 0.25) is 0 Å². The summed E-state index contributed by atoms with van der Waals surface area (Å²) >= 11 is 1.93. The van der Waals surface area contributed by atoms with Crippen LogP contribution in [0.15, 0.2) is 17.5 Å². The molecule has 1 saturated heterocycles. The molecule has 0 aromatic carbocycles. The van der Waals surface area contributed by atoms with Crippen molar-refractivity contribution in [2.24, 2.45) is 0 Å². The monoisotopic (exact) mass is 209 g/mol. The summed E-state index contributed by atoms with van der Waals surface area (Å²) < 4.78 is 0. The second-order valence-electron chi connectivity index (χ2n) is 4.50. The highest BCUT2D eigenvalue weighted by Crippen LogP contribution is 2.40. The lowest BCUT2D eigenvalue weighted by molar-refractivity contribution is 0.355. The van der Waals surface area contributed by atoms with Gasteiger partial charge < -0.3 is 4.90 Å². The second-order valence-corrected chi connectivity index (χ2v) is 5.44. The number of likely N-dealkylation sites (N-methyl/N-ethyl adjacent to an activating group) is 1. The molecule has 1 aliphatic rings. The summed E-state index contributed by atoms with van der Waals surface area (Å²) in [6, 6.07) is 4.51. The summed E-state index contributed by atoms with van der Waals surface area (Å²) in [7, 11) is 2.24. The van der Waals surface area contributed by atoms with Crippen LogP contribution in [0.5, 0.6) is 0 Å². The van der Waals surface area contributed by atoms with Crippen molar-refractivity contribution in [1.29, 1.82) is 0 Å². The predicted molar refractivity (Wildman–Crippen MR) is 63.0 cm³/mol. The number of nitrogens with zero attached hydrogens (tertiary/aromatic N) is 1. The van der Waals surface area contributed by atoms with E-state index in [2.05, 4.69) is 36.4 Å². The zero-order valence-electron chi connectivity index (χ0n) is 9.12. The quantitative estimate of drug-likeness (QED) is 0.739. The zero-order chi connectivity index (χ0) is 10.0. The first-order chi connectivity index (χ1) is 6.77. The summed E-state index contributed by atoms with van der Waals surface area (Å²) in [5.74, 6) is 0. The molecule has 1 aromatic rings. The third kappa shape index (κ3) is 1.73. The molecule has 1 atom stereocenters. The molecule has 0 saturated carbocycles. The molecule has 78 valence electrons. The van der Waals surface area contributed by atoms with Crippen molar-refractivity contribution < 1.29 is 0 Å². The first kappa shape index (κ1) is 10.2. The standard InChI is InChI=1S/C12H19NS/c1-3-6-12(7-8-13(2)10-12)11-5-4-9-14-11/h4-5,9H,3,6-8,10H2,1-2H3/t12-/m0/s1. The van der Waals surface area contributed by atoms with Crippen LogP contribution in [-0.2, 0) is 5.41 Å². The molecule has 0 unspecified atom stereocenters. The van der Waals surface area contributed by atoms with E-state index in [1.165, 1.54) is 32.4 Å². The van der Waals surface area contributed by atoms with E-state index in [-0.39, 0.29) is 0 Å². The first-order valence-corrected chi connectivity index (χ1v) is 6.37. The molecule has 2 heterocycles. The molecule has 0 amide bonds. The highest BCUT2D eigenvalue weighted by Gasteiger charge is 2.37. The third-order valence-electron chi connectivity index (χ3n) is 3.32. The van der Waals surface area contributed by atoms with Crippen molar-refractivity contribution in [2.75, 3.05) is 20.1 Å². The van der Waals surface area contributed by atoms with E-state index in [9.17, 15) is 0 Å². The fourth-order valence-electron chi connectivity index (χ4n) is 2.67. The average Bonchev–Trinajstić information content (AvgIpc) is 2.75. The van der Waals surface area contributed by atoms with Gasteiger partial charge in [0.15, 0.2) is 0 Å². The number of thiophene rings is 1.